The Bertz CT molecular complexity index is 645. The molecule has 0 saturated carbocycles. The molecule has 1 atom stereocenters. The van der Waals surface area contributed by atoms with Gasteiger partial charge in [-0.2, -0.15) is 0 Å². The average molecular weight is 377 g/mol. The van der Waals surface area contributed by atoms with Gasteiger partial charge in [0.25, 0.3) is 0 Å². The van der Waals surface area contributed by atoms with Crippen molar-refractivity contribution in [3.8, 4) is 11.1 Å². The summed E-state index contributed by atoms with van der Waals surface area (Å²) in [5, 5.41) is 0. The van der Waals surface area contributed by atoms with Gasteiger partial charge in [0.2, 0.25) is 0 Å². The van der Waals surface area contributed by atoms with Gasteiger partial charge in [-0.3, -0.25) is 4.79 Å². The van der Waals surface area contributed by atoms with Gasteiger partial charge in [0.05, 0.1) is 0 Å². The number of benzene rings is 2. The van der Waals surface area contributed by atoms with E-state index in [0.717, 1.165) is 0 Å². The molecule has 2 aromatic carbocycles. The van der Waals surface area contributed by atoms with Crippen molar-refractivity contribution in [1.29, 1.82) is 0 Å². The van der Waals surface area contributed by atoms with Crippen LogP contribution < -0.4 is 11.5 Å². The Morgan fingerprint density at radius 1 is 1.04 bits per heavy atom. The molecule has 3 rings (SSSR count). The lowest BCUT2D eigenvalue weighted by molar-refractivity contribution is -0.145. The second-order valence-corrected chi connectivity index (χ2v) is 5.54. The fourth-order valence-electron chi connectivity index (χ4n) is 3.01. The summed E-state index contributed by atoms with van der Waals surface area (Å²) >= 11 is 0. The van der Waals surface area contributed by atoms with Gasteiger partial charge in [0.15, 0.2) is 0 Å². The van der Waals surface area contributed by atoms with E-state index in [9.17, 15) is 4.79 Å². The minimum Gasteiger partial charge on any atom is -0.464 e. The molecule has 0 aromatic heterocycles. The quantitative estimate of drug-likeness (QED) is 0.786. The van der Waals surface area contributed by atoms with Gasteiger partial charge in [0.1, 0.15) is 12.6 Å². The summed E-state index contributed by atoms with van der Waals surface area (Å²) in [5.41, 5.74) is 16.0. The van der Waals surface area contributed by atoms with Crippen LogP contribution in [0.25, 0.3) is 11.1 Å². The van der Waals surface area contributed by atoms with E-state index >= 15 is 0 Å². The molecule has 122 valence electrons. The van der Waals surface area contributed by atoms with E-state index in [-0.39, 0.29) is 28.9 Å². The fraction of sp³-hybridized carbons (Fsp3) is 0.278. The lowest BCUT2D eigenvalue weighted by Crippen LogP contribution is -2.35. The average Bonchev–Trinajstić information content (AvgIpc) is 2.87. The highest BCUT2D eigenvalue weighted by Crippen LogP contribution is 2.44. The Kier molecular flexibility index (Phi) is 5.93. The van der Waals surface area contributed by atoms with Crippen LogP contribution in [0.4, 0.5) is 0 Å². The van der Waals surface area contributed by atoms with Crippen LogP contribution in [0, 0.1) is 0 Å². The van der Waals surface area contributed by atoms with E-state index in [1.807, 2.05) is 24.3 Å². The number of carbonyl (C=O) groups is 1. The highest BCUT2D eigenvalue weighted by Gasteiger charge is 2.29. The van der Waals surface area contributed by atoms with Gasteiger partial charge in [0, 0.05) is 5.92 Å². The van der Waals surface area contributed by atoms with E-state index < -0.39 is 6.04 Å². The van der Waals surface area contributed by atoms with Crippen molar-refractivity contribution in [2.45, 2.75) is 18.4 Å². The molecule has 0 saturated heterocycles. The van der Waals surface area contributed by atoms with Crippen LogP contribution in [0.5, 0.6) is 0 Å². The Balaban J connectivity index is 0.00000192. The molecule has 2 aromatic rings. The lowest BCUT2D eigenvalue weighted by atomic mass is 9.98. The Morgan fingerprint density at radius 3 is 2.09 bits per heavy atom. The molecular weight excluding hydrogens is 356 g/mol. The first-order valence-corrected chi connectivity index (χ1v) is 7.53. The molecule has 1 unspecified atom stereocenters. The van der Waals surface area contributed by atoms with Crippen molar-refractivity contribution in [3.63, 3.8) is 0 Å². The van der Waals surface area contributed by atoms with Crippen molar-refractivity contribution in [1.82, 2.24) is 0 Å². The van der Waals surface area contributed by atoms with Crippen LogP contribution >= 0.6 is 17.0 Å². The van der Waals surface area contributed by atoms with Crippen molar-refractivity contribution in [2.75, 3.05) is 13.2 Å². The summed E-state index contributed by atoms with van der Waals surface area (Å²) in [4.78, 5) is 11.9. The van der Waals surface area contributed by atoms with Gasteiger partial charge < -0.3 is 16.2 Å². The molecule has 0 spiro atoms. The third-order valence-electron chi connectivity index (χ3n) is 4.14. The van der Waals surface area contributed by atoms with Gasteiger partial charge in [-0.05, 0) is 35.2 Å². The second-order valence-electron chi connectivity index (χ2n) is 5.54. The molecule has 4 nitrogen and oxygen atoms in total. The third kappa shape index (κ3) is 3.47. The maximum absolute atomic E-state index is 11.9. The summed E-state index contributed by atoms with van der Waals surface area (Å²) in [5.74, 6) is -0.311. The normalized spacial score (nSPS) is 13.7. The first-order valence-electron chi connectivity index (χ1n) is 7.53. The largest absolute Gasteiger partial charge is 0.464 e. The number of fused-ring (bicyclic) bond motifs is 3. The second kappa shape index (κ2) is 7.73. The number of hydrogen-bond acceptors (Lipinski definition) is 4. The van der Waals surface area contributed by atoms with Gasteiger partial charge >= 0.3 is 5.97 Å². The minimum absolute atomic E-state index is 0. The maximum atomic E-state index is 11.9. The van der Waals surface area contributed by atoms with Crippen molar-refractivity contribution in [3.05, 3.63) is 59.7 Å². The third-order valence-corrected chi connectivity index (χ3v) is 4.14. The van der Waals surface area contributed by atoms with E-state index in [2.05, 4.69) is 24.3 Å². The SMILES string of the molecule is Br.NCCC(N)C(=O)OCC1c2ccccc2-c2ccccc21. The van der Waals surface area contributed by atoms with Crippen molar-refractivity contribution in [2.24, 2.45) is 11.5 Å². The molecule has 23 heavy (non-hydrogen) atoms. The first-order chi connectivity index (χ1) is 10.7. The number of ether oxygens (including phenoxy) is 1. The zero-order chi connectivity index (χ0) is 15.5. The standard InChI is InChI=1S/C18H20N2O2.BrH/c19-10-9-17(20)18(21)22-11-16-14-7-3-1-5-12(14)13-6-2-4-8-15(13)16;/h1-8,16-17H,9-11,19-20H2;1H. The highest BCUT2D eigenvalue weighted by molar-refractivity contribution is 8.93. The molecule has 1 aliphatic carbocycles. The summed E-state index contributed by atoms with van der Waals surface area (Å²) in [6.45, 7) is 0.691. The number of esters is 1. The smallest absolute Gasteiger partial charge is 0.322 e. The lowest BCUT2D eigenvalue weighted by Gasteiger charge is -2.16. The van der Waals surface area contributed by atoms with E-state index in [4.69, 9.17) is 16.2 Å². The Labute approximate surface area is 146 Å². The molecule has 0 radical (unpaired) electrons. The minimum atomic E-state index is -0.642. The van der Waals surface area contributed by atoms with Gasteiger partial charge in [-0.15, -0.1) is 17.0 Å². The highest BCUT2D eigenvalue weighted by atomic mass is 79.9. The predicted molar refractivity (Wildman–Crippen MR) is 96.6 cm³/mol. The van der Waals surface area contributed by atoms with Crippen LogP contribution in [0.3, 0.4) is 0 Å². The van der Waals surface area contributed by atoms with E-state index in [0.29, 0.717) is 19.6 Å². The number of halogens is 1. The van der Waals surface area contributed by atoms with Crippen LogP contribution in [-0.2, 0) is 9.53 Å². The summed E-state index contributed by atoms with van der Waals surface area (Å²) in [6, 6.07) is 15.8. The molecular formula is C18H21BrN2O2. The topological polar surface area (TPSA) is 78.3 Å². The summed E-state index contributed by atoms with van der Waals surface area (Å²) < 4.78 is 5.43. The predicted octanol–water partition coefficient (Wildman–Crippen LogP) is 2.60. The number of carbonyl (C=O) groups excluding carboxylic acids is 1. The summed E-state index contributed by atoms with van der Waals surface area (Å²) in [6.07, 6.45) is 0.441. The molecule has 4 N–H and O–H groups in total. The molecule has 0 aliphatic heterocycles. The fourth-order valence-corrected chi connectivity index (χ4v) is 3.01. The van der Waals surface area contributed by atoms with Crippen molar-refractivity contribution < 1.29 is 9.53 Å². The van der Waals surface area contributed by atoms with E-state index in [1.54, 1.807) is 0 Å². The van der Waals surface area contributed by atoms with E-state index in [1.165, 1.54) is 22.3 Å². The number of nitrogens with two attached hydrogens (primary N) is 2. The van der Waals surface area contributed by atoms with Crippen LogP contribution in [0.2, 0.25) is 0 Å². The van der Waals surface area contributed by atoms with Crippen LogP contribution in [-0.4, -0.2) is 25.2 Å². The molecule has 1 aliphatic rings. The van der Waals surface area contributed by atoms with Gasteiger partial charge in [-0.1, -0.05) is 48.5 Å². The molecule has 5 heteroatoms. The van der Waals surface area contributed by atoms with Crippen LogP contribution in [0.1, 0.15) is 23.5 Å². The zero-order valence-corrected chi connectivity index (χ0v) is 14.5. The molecule has 0 amide bonds. The molecule has 0 heterocycles. The number of hydrogen-bond donors (Lipinski definition) is 2. The zero-order valence-electron chi connectivity index (χ0n) is 12.8. The van der Waals surface area contributed by atoms with Crippen LogP contribution in [0.15, 0.2) is 48.5 Å². The van der Waals surface area contributed by atoms with Crippen molar-refractivity contribution >= 4 is 23.0 Å². The maximum Gasteiger partial charge on any atom is 0.322 e. The first kappa shape index (κ1) is 17.7. The Morgan fingerprint density at radius 2 is 1.57 bits per heavy atom. The summed E-state index contributed by atoms with van der Waals surface area (Å²) in [7, 11) is 0. The number of rotatable bonds is 5. The molecule has 0 fully saturated rings. The molecule has 0 bridgehead atoms. The van der Waals surface area contributed by atoms with Gasteiger partial charge in [-0.25, -0.2) is 0 Å². The monoisotopic (exact) mass is 376 g/mol. The Hall–Kier alpha value is -1.69.